The van der Waals surface area contributed by atoms with Crippen molar-refractivity contribution in [2.45, 2.75) is 0 Å². The van der Waals surface area contributed by atoms with Gasteiger partial charge in [0.15, 0.2) is 0 Å². The Bertz CT molecular complexity index is 206. The maximum absolute atomic E-state index is 8.77. The van der Waals surface area contributed by atoms with Crippen LogP contribution in [0.3, 0.4) is 0 Å². The molecule has 0 aliphatic heterocycles. The maximum Gasteiger partial charge on any atom is 0.133 e. The monoisotopic (exact) mass is 97.0 g/mol. The molecule has 1 aromatic rings. The lowest BCUT2D eigenvalue weighted by Gasteiger charge is -1.81. The van der Waals surface area contributed by atoms with Crippen molar-refractivity contribution < 1.29 is 7.85 Å². The zero-order valence-corrected chi connectivity index (χ0v) is 3.55. The second-order valence-electron chi connectivity index (χ2n) is 1.05. The quantitative estimate of drug-likeness (QED) is 0.519. The molecule has 0 saturated carbocycles. The van der Waals surface area contributed by atoms with E-state index in [1.54, 1.807) is 0 Å². The van der Waals surface area contributed by atoms with E-state index < -0.39 is 0 Å². The van der Waals surface area contributed by atoms with Crippen molar-refractivity contribution in [3.63, 3.8) is 0 Å². The molecule has 0 aliphatic carbocycles. The van der Waals surface area contributed by atoms with Gasteiger partial charge >= 0.3 is 0 Å². The average molecular weight is 97.1 g/mol. The number of nitrogens with zero attached hydrogens (tertiary/aromatic N) is 1. The minimum Gasteiger partial charge on any atom is -0.506 e. The third-order valence-electron chi connectivity index (χ3n) is 0.540. The summed E-state index contributed by atoms with van der Waals surface area (Å²) in [5.41, 5.74) is 0. The molecule has 2 heteroatoms. The number of hydrogen-bond acceptors (Lipinski definition) is 2. The first kappa shape index (κ1) is 2.31. The van der Waals surface area contributed by atoms with Gasteiger partial charge in [-0.25, -0.2) is 0 Å². The largest absolute Gasteiger partial charge is 0.506 e. The minimum atomic E-state index is -0.363. The highest BCUT2D eigenvalue weighted by atomic mass is 16.3. The predicted octanol–water partition coefficient (Wildman–Crippen LogP) is 0.787. The van der Waals surface area contributed by atoms with Crippen molar-refractivity contribution in [1.82, 2.24) is 4.98 Å². The number of aromatic hydroxyl groups is 1. The van der Waals surface area contributed by atoms with Crippen molar-refractivity contribution in [3.05, 3.63) is 24.5 Å². The summed E-state index contributed by atoms with van der Waals surface area (Å²) < 4.78 is 13.8. The first-order valence-electron chi connectivity index (χ1n) is 2.83. The van der Waals surface area contributed by atoms with Gasteiger partial charge in [-0.15, -0.1) is 0 Å². The number of hydrogen-bond donors (Lipinski definition) is 1. The van der Waals surface area contributed by atoms with Crippen LogP contribution < -0.4 is 0 Å². The molecule has 7 heavy (non-hydrogen) atoms. The molecule has 0 fully saturated rings. The third kappa shape index (κ3) is 0.892. The van der Waals surface area contributed by atoms with Gasteiger partial charge in [0.1, 0.15) is 5.75 Å². The fraction of sp³-hybridized carbons (Fsp3) is 0. The zero-order chi connectivity index (χ0) is 6.85. The van der Waals surface area contributed by atoms with E-state index in [2.05, 4.69) is 4.98 Å². The van der Waals surface area contributed by atoms with Crippen LogP contribution in [0.25, 0.3) is 0 Å². The SMILES string of the molecule is [2H]c1ccnc([2H])c1O. The molecule has 0 amide bonds. The molecular weight excluding hydrogens is 90.1 g/mol. The highest BCUT2D eigenvalue weighted by molar-refractivity contribution is 5.12. The van der Waals surface area contributed by atoms with E-state index in [1.807, 2.05) is 0 Å². The van der Waals surface area contributed by atoms with Crippen LogP contribution in [-0.4, -0.2) is 10.1 Å². The number of aromatic nitrogens is 1. The summed E-state index contributed by atoms with van der Waals surface area (Å²) in [7, 11) is 0. The Labute approximate surface area is 44.3 Å². The predicted molar refractivity (Wildman–Crippen MR) is 25.9 cm³/mol. The van der Waals surface area contributed by atoms with E-state index in [4.69, 9.17) is 7.85 Å². The van der Waals surface area contributed by atoms with Crippen LogP contribution in [0.4, 0.5) is 0 Å². The van der Waals surface area contributed by atoms with Gasteiger partial charge in [-0.05, 0) is 12.1 Å². The normalized spacial score (nSPS) is 12.6. The standard InChI is InChI=1S/C5H5NO/c7-5-2-1-3-6-4-5/h1-4,7H/i2D,4D. The van der Waals surface area contributed by atoms with E-state index in [9.17, 15) is 0 Å². The van der Waals surface area contributed by atoms with Gasteiger partial charge in [0.2, 0.25) is 0 Å². The lowest BCUT2D eigenvalue weighted by Crippen LogP contribution is -1.64. The van der Waals surface area contributed by atoms with Crippen molar-refractivity contribution in [2.24, 2.45) is 0 Å². The summed E-state index contributed by atoms with van der Waals surface area (Å²) in [6.07, 6.45) is 1.06. The first-order valence-corrected chi connectivity index (χ1v) is 1.83. The van der Waals surface area contributed by atoms with Crippen LogP contribution in [0.15, 0.2) is 24.5 Å². The van der Waals surface area contributed by atoms with Crippen LogP contribution in [0.2, 0.25) is 0 Å². The van der Waals surface area contributed by atoms with Gasteiger partial charge in [-0.1, -0.05) is 0 Å². The smallest absolute Gasteiger partial charge is 0.133 e. The van der Waals surface area contributed by atoms with Gasteiger partial charge < -0.3 is 5.11 Å². The summed E-state index contributed by atoms with van der Waals surface area (Å²) in [4.78, 5) is 3.44. The van der Waals surface area contributed by atoms with Crippen molar-refractivity contribution in [2.75, 3.05) is 0 Å². The van der Waals surface area contributed by atoms with E-state index in [-0.39, 0.29) is 18.0 Å². The highest BCUT2D eigenvalue weighted by Gasteiger charge is 1.76. The van der Waals surface area contributed by atoms with Crippen LogP contribution in [-0.2, 0) is 0 Å². The number of rotatable bonds is 0. The molecule has 0 spiro atoms. The molecule has 0 aromatic carbocycles. The highest BCUT2D eigenvalue weighted by Crippen LogP contribution is 1.99. The van der Waals surface area contributed by atoms with Gasteiger partial charge in [0.25, 0.3) is 0 Å². The molecule has 0 aliphatic rings. The van der Waals surface area contributed by atoms with Crippen LogP contribution in [0.1, 0.15) is 2.74 Å². The van der Waals surface area contributed by atoms with Gasteiger partial charge in [0, 0.05) is 6.20 Å². The summed E-state index contributed by atoms with van der Waals surface area (Å²) in [5.74, 6) is -0.363. The summed E-state index contributed by atoms with van der Waals surface area (Å²) in [6.45, 7) is 0. The molecule has 0 unspecified atom stereocenters. The lowest BCUT2D eigenvalue weighted by atomic mass is 10.5. The molecule has 0 atom stereocenters. The Morgan fingerprint density at radius 1 is 1.86 bits per heavy atom. The van der Waals surface area contributed by atoms with Crippen molar-refractivity contribution in [3.8, 4) is 5.75 Å². The Hall–Kier alpha value is -1.05. The van der Waals surface area contributed by atoms with E-state index in [1.165, 1.54) is 12.3 Å². The fourth-order valence-electron chi connectivity index (χ4n) is 0.284. The summed E-state index contributed by atoms with van der Waals surface area (Å²) in [5, 5.41) is 8.77. The Morgan fingerprint density at radius 2 is 2.71 bits per heavy atom. The Kier molecular flexibility index (Phi) is 0.527. The van der Waals surface area contributed by atoms with Crippen molar-refractivity contribution >= 4 is 0 Å². The summed E-state index contributed by atoms with van der Waals surface area (Å²) in [6, 6.07) is 1.27. The minimum absolute atomic E-state index is 0.0602. The molecule has 1 N–H and O–H groups in total. The second-order valence-corrected chi connectivity index (χ2v) is 1.05. The molecule has 1 aromatic heterocycles. The molecule has 1 rings (SSSR count). The third-order valence-corrected chi connectivity index (χ3v) is 0.540. The van der Waals surface area contributed by atoms with Crippen LogP contribution in [0.5, 0.6) is 5.75 Å². The van der Waals surface area contributed by atoms with Gasteiger partial charge in [-0.3, -0.25) is 4.98 Å². The molecule has 36 valence electrons. The Balaban J connectivity index is 3.25. The van der Waals surface area contributed by atoms with Crippen molar-refractivity contribution in [1.29, 1.82) is 0 Å². The molecule has 1 heterocycles. The Morgan fingerprint density at radius 3 is 3.29 bits per heavy atom. The van der Waals surface area contributed by atoms with Crippen LogP contribution >= 0.6 is 0 Å². The first-order chi connectivity index (χ1) is 4.22. The fourth-order valence-corrected chi connectivity index (χ4v) is 0.284. The lowest BCUT2D eigenvalue weighted by molar-refractivity contribution is 0.472. The average Bonchev–Trinajstić information content (AvgIpc) is 1.83. The van der Waals surface area contributed by atoms with E-state index >= 15 is 0 Å². The number of pyridine rings is 1. The van der Waals surface area contributed by atoms with Gasteiger partial charge in [0.05, 0.1) is 8.91 Å². The van der Waals surface area contributed by atoms with Gasteiger partial charge in [-0.2, -0.15) is 0 Å². The zero-order valence-electron chi connectivity index (χ0n) is 5.55. The van der Waals surface area contributed by atoms with Crippen LogP contribution in [0, 0.1) is 0 Å². The molecule has 0 saturated heterocycles. The molecular formula is C5H5NO. The van der Waals surface area contributed by atoms with E-state index in [0.29, 0.717) is 0 Å². The maximum atomic E-state index is 8.77. The molecule has 0 bridgehead atoms. The molecule has 0 radical (unpaired) electrons. The second kappa shape index (κ2) is 1.60. The molecule has 2 nitrogen and oxygen atoms in total. The topological polar surface area (TPSA) is 33.1 Å². The van der Waals surface area contributed by atoms with E-state index in [0.717, 1.165) is 0 Å². The summed E-state index contributed by atoms with van der Waals surface area (Å²) >= 11 is 0.